The Bertz CT molecular complexity index is 595. The van der Waals surface area contributed by atoms with Gasteiger partial charge in [0.25, 0.3) is 5.91 Å². The van der Waals surface area contributed by atoms with Crippen LogP contribution in [0.4, 0.5) is 0 Å². The number of ether oxygens (including phenoxy) is 1. The van der Waals surface area contributed by atoms with Crippen molar-refractivity contribution in [3.63, 3.8) is 0 Å². The van der Waals surface area contributed by atoms with Crippen molar-refractivity contribution in [2.24, 2.45) is 5.73 Å². The van der Waals surface area contributed by atoms with Crippen LogP contribution in [0.2, 0.25) is 0 Å². The average Bonchev–Trinajstić information content (AvgIpc) is 2.42. The van der Waals surface area contributed by atoms with Crippen LogP contribution in [-0.2, 0) is 16.1 Å². The standard InChI is InChI=1S/C15H16N2O3/c1-10(18)17-8-11-2-3-13-7-14(20-9-15(16)19)5-4-12(13)6-11/h2-7H,8-9H2,1H3,(H2,16,19)(H,17,18). The second-order valence-corrected chi connectivity index (χ2v) is 4.51. The van der Waals surface area contributed by atoms with Gasteiger partial charge < -0.3 is 15.8 Å². The Morgan fingerprint density at radius 1 is 1.15 bits per heavy atom. The summed E-state index contributed by atoms with van der Waals surface area (Å²) in [5, 5.41) is 4.80. The number of carbonyl (C=O) groups excluding carboxylic acids is 2. The summed E-state index contributed by atoms with van der Waals surface area (Å²) in [6.45, 7) is 1.86. The molecule has 0 aliphatic heterocycles. The van der Waals surface area contributed by atoms with E-state index < -0.39 is 5.91 Å². The van der Waals surface area contributed by atoms with Crippen LogP contribution in [0.25, 0.3) is 10.8 Å². The van der Waals surface area contributed by atoms with E-state index in [0.717, 1.165) is 16.3 Å². The van der Waals surface area contributed by atoms with Gasteiger partial charge in [0.2, 0.25) is 5.91 Å². The molecule has 0 spiro atoms. The molecule has 2 rings (SSSR count). The summed E-state index contributed by atoms with van der Waals surface area (Å²) < 4.78 is 5.25. The van der Waals surface area contributed by atoms with Crippen molar-refractivity contribution in [2.45, 2.75) is 13.5 Å². The lowest BCUT2D eigenvalue weighted by molar-refractivity contribution is -0.120. The summed E-state index contributed by atoms with van der Waals surface area (Å²) >= 11 is 0. The van der Waals surface area contributed by atoms with Crippen LogP contribution >= 0.6 is 0 Å². The summed E-state index contributed by atoms with van der Waals surface area (Å²) in [5.74, 6) is 0.0435. The third-order valence-electron chi connectivity index (χ3n) is 2.80. The number of nitrogens with one attached hydrogen (secondary N) is 1. The van der Waals surface area contributed by atoms with Gasteiger partial charge in [-0.15, -0.1) is 0 Å². The Hall–Kier alpha value is -2.56. The highest BCUT2D eigenvalue weighted by Crippen LogP contribution is 2.22. The molecule has 2 aromatic rings. The predicted molar refractivity (Wildman–Crippen MR) is 76.2 cm³/mol. The number of hydrogen-bond donors (Lipinski definition) is 2. The Kier molecular flexibility index (Phi) is 4.20. The van der Waals surface area contributed by atoms with Gasteiger partial charge in [-0.3, -0.25) is 9.59 Å². The first-order valence-corrected chi connectivity index (χ1v) is 6.23. The fourth-order valence-electron chi connectivity index (χ4n) is 1.85. The first-order valence-electron chi connectivity index (χ1n) is 6.23. The maximum atomic E-state index is 10.9. The van der Waals surface area contributed by atoms with E-state index in [4.69, 9.17) is 10.5 Å². The Balaban J connectivity index is 2.16. The molecule has 0 radical (unpaired) electrons. The zero-order valence-electron chi connectivity index (χ0n) is 11.2. The van der Waals surface area contributed by atoms with E-state index in [1.807, 2.05) is 30.3 Å². The van der Waals surface area contributed by atoms with Crippen molar-refractivity contribution in [1.82, 2.24) is 5.32 Å². The van der Waals surface area contributed by atoms with E-state index >= 15 is 0 Å². The first kappa shape index (κ1) is 13.9. The number of rotatable bonds is 5. The van der Waals surface area contributed by atoms with Gasteiger partial charge in [-0.05, 0) is 34.5 Å². The van der Waals surface area contributed by atoms with Crippen LogP contribution in [0.3, 0.4) is 0 Å². The lowest BCUT2D eigenvalue weighted by Gasteiger charge is -2.07. The van der Waals surface area contributed by atoms with E-state index in [0.29, 0.717) is 12.3 Å². The molecule has 2 amide bonds. The molecule has 0 heterocycles. The maximum Gasteiger partial charge on any atom is 0.255 e. The predicted octanol–water partition coefficient (Wildman–Crippen LogP) is 1.34. The Labute approximate surface area is 116 Å². The van der Waals surface area contributed by atoms with Crippen molar-refractivity contribution in [1.29, 1.82) is 0 Å². The molecule has 0 unspecified atom stereocenters. The second kappa shape index (κ2) is 6.06. The Morgan fingerprint density at radius 3 is 2.55 bits per heavy atom. The lowest BCUT2D eigenvalue weighted by atomic mass is 10.1. The van der Waals surface area contributed by atoms with Gasteiger partial charge in [0.1, 0.15) is 5.75 Å². The first-order chi connectivity index (χ1) is 9.54. The molecule has 104 valence electrons. The molecule has 5 nitrogen and oxygen atoms in total. The van der Waals surface area contributed by atoms with Crippen molar-refractivity contribution in [2.75, 3.05) is 6.61 Å². The van der Waals surface area contributed by atoms with Gasteiger partial charge in [-0.25, -0.2) is 0 Å². The Morgan fingerprint density at radius 2 is 1.85 bits per heavy atom. The minimum absolute atomic E-state index is 0.0553. The minimum atomic E-state index is -0.504. The van der Waals surface area contributed by atoms with Gasteiger partial charge in [0, 0.05) is 13.5 Å². The molecule has 5 heteroatoms. The molecule has 0 aliphatic rings. The zero-order chi connectivity index (χ0) is 14.5. The van der Waals surface area contributed by atoms with Crippen LogP contribution in [0.15, 0.2) is 36.4 Å². The summed E-state index contributed by atoms with van der Waals surface area (Å²) in [4.78, 5) is 21.6. The minimum Gasteiger partial charge on any atom is -0.484 e. The smallest absolute Gasteiger partial charge is 0.255 e. The average molecular weight is 272 g/mol. The monoisotopic (exact) mass is 272 g/mol. The van der Waals surface area contributed by atoms with Gasteiger partial charge in [-0.2, -0.15) is 0 Å². The van der Waals surface area contributed by atoms with E-state index in [1.165, 1.54) is 6.92 Å². The van der Waals surface area contributed by atoms with Gasteiger partial charge in [-0.1, -0.05) is 18.2 Å². The third-order valence-corrected chi connectivity index (χ3v) is 2.80. The summed E-state index contributed by atoms with van der Waals surface area (Å²) in [7, 11) is 0. The molecule has 0 fully saturated rings. The largest absolute Gasteiger partial charge is 0.484 e. The quantitative estimate of drug-likeness (QED) is 0.861. The van der Waals surface area contributed by atoms with Crippen LogP contribution < -0.4 is 15.8 Å². The third kappa shape index (κ3) is 3.71. The number of amides is 2. The highest BCUT2D eigenvalue weighted by Gasteiger charge is 2.02. The number of benzene rings is 2. The molecular weight excluding hydrogens is 256 g/mol. The molecule has 0 bridgehead atoms. The number of primary amides is 1. The van der Waals surface area contributed by atoms with E-state index in [-0.39, 0.29) is 12.5 Å². The summed E-state index contributed by atoms with van der Waals surface area (Å²) in [5.41, 5.74) is 6.06. The van der Waals surface area contributed by atoms with E-state index in [2.05, 4.69) is 5.32 Å². The van der Waals surface area contributed by atoms with Crippen molar-refractivity contribution < 1.29 is 14.3 Å². The molecule has 0 atom stereocenters. The number of carbonyl (C=O) groups is 2. The molecule has 0 saturated heterocycles. The molecule has 0 saturated carbocycles. The van der Waals surface area contributed by atoms with E-state index in [1.54, 1.807) is 6.07 Å². The van der Waals surface area contributed by atoms with Gasteiger partial charge in [0.05, 0.1) is 0 Å². The number of fused-ring (bicyclic) bond motifs is 1. The second-order valence-electron chi connectivity index (χ2n) is 4.51. The fraction of sp³-hybridized carbons (Fsp3) is 0.200. The maximum absolute atomic E-state index is 10.9. The van der Waals surface area contributed by atoms with Crippen LogP contribution in [0.1, 0.15) is 12.5 Å². The van der Waals surface area contributed by atoms with E-state index in [9.17, 15) is 9.59 Å². The lowest BCUT2D eigenvalue weighted by Crippen LogP contribution is -2.20. The fourth-order valence-corrected chi connectivity index (χ4v) is 1.85. The van der Waals surface area contributed by atoms with Crippen molar-refractivity contribution in [3.8, 4) is 5.75 Å². The molecule has 2 aromatic carbocycles. The highest BCUT2D eigenvalue weighted by molar-refractivity contribution is 5.85. The van der Waals surface area contributed by atoms with Crippen molar-refractivity contribution >= 4 is 22.6 Å². The van der Waals surface area contributed by atoms with Crippen LogP contribution in [0, 0.1) is 0 Å². The normalized spacial score (nSPS) is 10.2. The van der Waals surface area contributed by atoms with Crippen LogP contribution in [-0.4, -0.2) is 18.4 Å². The van der Waals surface area contributed by atoms with Gasteiger partial charge in [0.15, 0.2) is 6.61 Å². The zero-order valence-corrected chi connectivity index (χ0v) is 11.2. The highest BCUT2D eigenvalue weighted by atomic mass is 16.5. The number of hydrogen-bond acceptors (Lipinski definition) is 3. The SMILES string of the molecule is CC(=O)NCc1ccc2cc(OCC(N)=O)ccc2c1. The molecule has 0 aliphatic carbocycles. The van der Waals surface area contributed by atoms with Crippen molar-refractivity contribution in [3.05, 3.63) is 42.0 Å². The summed E-state index contributed by atoms with van der Waals surface area (Å²) in [6, 6.07) is 11.4. The van der Waals surface area contributed by atoms with Crippen LogP contribution in [0.5, 0.6) is 5.75 Å². The summed E-state index contributed by atoms with van der Waals surface area (Å²) in [6.07, 6.45) is 0. The number of nitrogens with two attached hydrogens (primary N) is 1. The molecule has 3 N–H and O–H groups in total. The molecule has 0 aromatic heterocycles. The molecule has 20 heavy (non-hydrogen) atoms. The van der Waals surface area contributed by atoms with Gasteiger partial charge >= 0.3 is 0 Å². The topological polar surface area (TPSA) is 81.4 Å². The molecular formula is C15H16N2O3.